The number of aromatic nitrogens is 1. The average molecular weight is 242 g/mol. The Kier molecular flexibility index (Phi) is 2.83. The quantitative estimate of drug-likeness (QED) is 0.794. The van der Waals surface area contributed by atoms with E-state index in [1.54, 1.807) is 6.20 Å². The highest BCUT2D eigenvalue weighted by molar-refractivity contribution is 9.10. The fourth-order valence-electron chi connectivity index (χ4n) is 1.61. The van der Waals surface area contributed by atoms with Crippen molar-refractivity contribution in [3.8, 4) is 5.88 Å². The van der Waals surface area contributed by atoms with Crippen LogP contribution in [0.2, 0.25) is 0 Å². The normalized spacial score (nSPS) is 17.6. The van der Waals surface area contributed by atoms with E-state index in [4.69, 9.17) is 4.74 Å². The molecule has 0 saturated heterocycles. The van der Waals surface area contributed by atoms with Crippen LogP contribution >= 0.6 is 15.9 Å². The highest BCUT2D eigenvalue weighted by Crippen LogP contribution is 2.23. The van der Waals surface area contributed by atoms with Crippen LogP contribution in [-0.4, -0.2) is 11.1 Å². The maximum atomic E-state index is 5.70. The van der Waals surface area contributed by atoms with Gasteiger partial charge in [0.15, 0.2) is 0 Å². The van der Waals surface area contributed by atoms with Crippen LogP contribution in [0.25, 0.3) is 0 Å². The molecule has 1 aromatic heterocycles. The van der Waals surface area contributed by atoms with E-state index in [9.17, 15) is 0 Å². The summed E-state index contributed by atoms with van der Waals surface area (Å²) in [7, 11) is 0. The molecule has 0 radical (unpaired) electrons. The summed E-state index contributed by atoms with van der Waals surface area (Å²) >= 11 is 3.34. The number of ether oxygens (including phenoxy) is 1. The van der Waals surface area contributed by atoms with E-state index in [1.807, 2.05) is 12.1 Å². The first-order valence-electron chi connectivity index (χ1n) is 4.63. The molecule has 0 unspecified atom stereocenters. The van der Waals surface area contributed by atoms with Crippen molar-refractivity contribution in [3.05, 3.63) is 22.8 Å². The zero-order valence-corrected chi connectivity index (χ0v) is 8.96. The second kappa shape index (κ2) is 4.09. The summed E-state index contributed by atoms with van der Waals surface area (Å²) in [6.07, 6.45) is 7.11. The Morgan fingerprint density at radius 3 is 2.69 bits per heavy atom. The Morgan fingerprint density at radius 2 is 2.08 bits per heavy atom. The van der Waals surface area contributed by atoms with Crippen molar-refractivity contribution < 1.29 is 4.74 Å². The lowest BCUT2D eigenvalue weighted by Crippen LogP contribution is -2.11. The van der Waals surface area contributed by atoms with Gasteiger partial charge in [-0.25, -0.2) is 4.98 Å². The Hall–Kier alpha value is -0.570. The molecule has 1 fully saturated rings. The average Bonchev–Trinajstić information content (AvgIpc) is 2.62. The van der Waals surface area contributed by atoms with Crippen molar-refractivity contribution in [3.63, 3.8) is 0 Å². The van der Waals surface area contributed by atoms with Crippen LogP contribution in [0.1, 0.15) is 25.7 Å². The molecule has 70 valence electrons. The molecule has 0 N–H and O–H groups in total. The van der Waals surface area contributed by atoms with Gasteiger partial charge in [0.1, 0.15) is 6.10 Å². The van der Waals surface area contributed by atoms with E-state index < -0.39 is 0 Å². The van der Waals surface area contributed by atoms with Crippen molar-refractivity contribution in [1.82, 2.24) is 4.98 Å². The van der Waals surface area contributed by atoms with Crippen LogP contribution in [0, 0.1) is 0 Å². The summed E-state index contributed by atoms with van der Waals surface area (Å²) in [5.41, 5.74) is 0. The zero-order valence-electron chi connectivity index (χ0n) is 7.37. The smallest absolute Gasteiger partial charge is 0.213 e. The van der Waals surface area contributed by atoms with Gasteiger partial charge in [0.25, 0.3) is 0 Å². The molecule has 2 nitrogen and oxygen atoms in total. The molecule has 2 rings (SSSR count). The summed E-state index contributed by atoms with van der Waals surface area (Å²) in [4.78, 5) is 4.17. The zero-order chi connectivity index (χ0) is 9.10. The highest BCUT2D eigenvalue weighted by Gasteiger charge is 2.16. The van der Waals surface area contributed by atoms with Gasteiger partial charge in [-0.2, -0.15) is 0 Å². The molecular weight excluding hydrogens is 230 g/mol. The van der Waals surface area contributed by atoms with E-state index in [0.29, 0.717) is 6.10 Å². The second-order valence-corrected chi connectivity index (χ2v) is 4.25. The molecule has 1 heterocycles. The summed E-state index contributed by atoms with van der Waals surface area (Å²) in [6, 6.07) is 3.86. The Balaban J connectivity index is 1.97. The van der Waals surface area contributed by atoms with E-state index in [0.717, 1.165) is 10.4 Å². The molecule has 3 heteroatoms. The lowest BCUT2D eigenvalue weighted by atomic mass is 10.3. The molecule has 1 saturated carbocycles. The predicted molar refractivity (Wildman–Crippen MR) is 54.8 cm³/mol. The Morgan fingerprint density at radius 1 is 1.31 bits per heavy atom. The summed E-state index contributed by atoms with van der Waals surface area (Å²) in [5, 5.41) is 0. The SMILES string of the molecule is Brc1ccc(OC2CCCC2)nc1. The lowest BCUT2D eigenvalue weighted by molar-refractivity contribution is 0.201. The van der Waals surface area contributed by atoms with E-state index >= 15 is 0 Å². The van der Waals surface area contributed by atoms with E-state index in [2.05, 4.69) is 20.9 Å². The van der Waals surface area contributed by atoms with Gasteiger partial charge in [-0.3, -0.25) is 0 Å². The largest absolute Gasteiger partial charge is 0.474 e. The number of pyridine rings is 1. The van der Waals surface area contributed by atoms with Gasteiger partial charge in [0.2, 0.25) is 5.88 Å². The summed E-state index contributed by atoms with van der Waals surface area (Å²) < 4.78 is 6.69. The standard InChI is InChI=1S/C10H12BrNO/c11-8-5-6-10(12-7-8)13-9-3-1-2-4-9/h5-7,9H,1-4H2. The molecular formula is C10H12BrNO. The lowest BCUT2D eigenvalue weighted by Gasteiger charge is -2.11. The van der Waals surface area contributed by atoms with Gasteiger partial charge >= 0.3 is 0 Å². The highest BCUT2D eigenvalue weighted by atomic mass is 79.9. The van der Waals surface area contributed by atoms with Gasteiger partial charge in [-0.05, 0) is 47.7 Å². The number of hydrogen-bond donors (Lipinski definition) is 0. The minimum Gasteiger partial charge on any atom is -0.474 e. The van der Waals surface area contributed by atoms with Gasteiger partial charge in [-0.1, -0.05) is 0 Å². The molecule has 1 aliphatic carbocycles. The molecule has 0 amide bonds. The third-order valence-electron chi connectivity index (χ3n) is 2.29. The Bertz CT molecular complexity index is 267. The van der Waals surface area contributed by atoms with Crippen molar-refractivity contribution in [2.24, 2.45) is 0 Å². The molecule has 13 heavy (non-hydrogen) atoms. The van der Waals surface area contributed by atoms with Gasteiger partial charge in [0, 0.05) is 16.7 Å². The van der Waals surface area contributed by atoms with Gasteiger partial charge in [-0.15, -0.1) is 0 Å². The minimum atomic E-state index is 0.397. The van der Waals surface area contributed by atoms with Crippen LogP contribution in [-0.2, 0) is 0 Å². The summed E-state index contributed by atoms with van der Waals surface area (Å²) in [5.74, 6) is 0.745. The summed E-state index contributed by atoms with van der Waals surface area (Å²) in [6.45, 7) is 0. The van der Waals surface area contributed by atoms with Crippen molar-refractivity contribution in [1.29, 1.82) is 0 Å². The molecule has 0 spiro atoms. The number of halogens is 1. The monoisotopic (exact) mass is 241 g/mol. The molecule has 0 aliphatic heterocycles. The van der Waals surface area contributed by atoms with Crippen molar-refractivity contribution in [2.45, 2.75) is 31.8 Å². The van der Waals surface area contributed by atoms with E-state index in [-0.39, 0.29) is 0 Å². The van der Waals surface area contributed by atoms with E-state index in [1.165, 1.54) is 25.7 Å². The third kappa shape index (κ3) is 2.44. The maximum absolute atomic E-state index is 5.70. The van der Waals surface area contributed by atoms with Crippen molar-refractivity contribution >= 4 is 15.9 Å². The number of rotatable bonds is 2. The molecule has 1 aromatic rings. The number of nitrogens with zero attached hydrogens (tertiary/aromatic N) is 1. The topological polar surface area (TPSA) is 22.1 Å². The van der Waals surface area contributed by atoms with Gasteiger partial charge < -0.3 is 4.74 Å². The third-order valence-corrected chi connectivity index (χ3v) is 2.76. The molecule has 1 aliphatic rings. The fourth-order valence-corrected chi connectivity index (χ4v) is 1.84. The molecule has 0 atom stereocenters. The first-order valence-corrected chi connectivity index (χ1v) is 5.42. The molecule has 0 aromatic carbocycles. The van der Waals surface area contributed by atoms with Gasteiger partial charge in [0.05, 0.1) is 0 Å². The predicted octanol–water partition coefficient (Wildman–Crippen LogP) is 3.17. The van der Waals surface area contributed by atoms with Crippen LogP contribution in [0.4, 0.5) is 0 Å². The van der Waals surface area contributed by atoms with Crippen LogP contribution in [0.5, 0.6) is 5.88 Å². The van der Waals surface area contributed by atoms with Crippen LogP contribution in [0.15, 0.2) is 22.8 Å². The minimum absolute atomic E-state index is 0.397. The maximum Gasteiger partial charge on any atom is 0.213 e. The molecule has 0 bridgehead atoms. The number of hydrogen-bond acceptors (Lipinski definition) is 2. The first kappa shape index (κ1) is 9.00. The van der Waals surface area contributed by atoms with Crippen LogP contribution < -0.4 is 4.74 Å². The fraction of sp³-hybridized carbons (Fsp3) is 0.500. The first-order chi connectivity index (χ1) is 6.34. The second-order valence-electron chi connectivity index (χ2n) is 3.34. The Labute approximate surface area is 86.5 Å². The van der Waals surface area contributed by atoms with Crippen molar-refractivity contribution in [2.75, 3.05) is 0 Å². The van der Waals surface area contributed by atoms with Crippen LogP contribution in [0.3, 0.4) is 0 Å².